The minimum Gasteiger partial charge on any atom is -0.497 e. The number of ether oxygens (including phenoxy) is 2. The second-order valence-corrected chi connectivity index (χ2v) is 7.58. The fourth-order valence-corrected chi connectivity index (χ4v) is 3.46. The molecule has 0 aromatic heterocycles. The number of aldehydes is 1. The predicted molar refractivity (Wildman–Crippen MR) is 136 cm³/mol. The van der Waals surface area contributed by atoms with E-state index in [9.17, 15) is 14.0 Å². The zero-order valence-corrected chi connectivity index (χ0v) is 19.8. The molecule has 4 rings (SSSR count). The molecule has 0 spiro atoms. The first-order chi connectivity index (χ1) is 16.9. The van der Waals surface area contributed by atoms with E-state index in [2.05, 4.69) is 10.6 Å². The van der Waals surface area contributed by atoms with Gasteiger partial charge >= 0.3 is 0 Å². The molecule has 4 aromatic rings. The summed E-state index contributed by atoms with van der Waals surface area (Å²) in [7, 11) is 3.36. The summed E-state index contributed by atoms with van der Waals surface area (Å²) in [6, 6.07) is 23.1. The molecule has 0 atom stereocenters. The number of carbonyl (C=O) groups is 2. The van der Waals surface area contributed by atoms with Gasteiger partial charge in [0.05, 0.1) is 19.3 Å². The number of nitrogens with one attached hydrogen (secondary N) is 2. The largest absolute Gasteiger partial charge is 0.497 e. The summed E-state index contributed by atoms with van der Waals surface area (Å²) in [6.45, 7) is 1.99. The number of carbonyl (C=O) groups excluding carboxylic acids is 2. The predicted octanol–water partition coefficient (Wildman–Crippen LogP) is 5.75. The molecular formula is C28H27FN2O4. The first-order valence-corrected chi connectivity index (χ1v) is 11.0. The molecule has 0 aliphatic carbocycles. The van der Waals surface area contributed by atoms with E-state index in [0.29, 0.717) is 29.1 Å². The lowest BCUT2D eigenvalue weighted by Gasteiger charge is -2.12. The molecule has 0 saturated carbocycles. The normalized spacial score (nSPS) is 10.1. The molecule has 180 valence electrons. The molecule has 0 aliphatic heterocycles. The van der Waals surface area contributed by atoms with E-state index in [1.54, 1.807) is 32.4 Å². The van der Waals surface area contributed by atoms with Gasteiger partial charge in [-0.05, 0) is 53.6 Å². The monoisotopic (exact) mass is 474 g/mol. The Morgan fingerprint density at radius 1 is 0.971 bits per heavy atom. The topological polar surface area (TPSA) is 76.7 Å². The highest BCUT2D eigenvalue weighted by Crippen LogP contribution is 2.32. The van der Waals surface area contributed by atoms with Crippen LogP contribution in [0.15, 0.2) is 78.9 Å². The van der Waals surface area contributed by atoms with E-state index in [0.717, 1.165) is 22.0 Å². The average molecular weight is 475 g/mol. The molecule has 2 N–H and O–H groups in total. The third-order valence-corrected chi connectivity index (χ3v) is 5.08. The Hall–Kier alpha value is -4.39. The maximum absolute atomic E-state index is 13.3. The number of hydrogen-bond acceptors (Lipinski definition) is 5. The molecule has 1 amide bonds. The Balaban J connectivity index is 0.000000198. The molecule has 0 heterocycles. The summed E-state index contributed by atoms with van der Waals surface area (Å²) in [5, 5.41) is 7.41. The fourth-order valence-electron chi connectivity index (χ4n) is 3.46. The van der Waals surface area contributed by atoms with Crippen LogP contribution in [0.1, 0.15) is 15.9 Å². The lowest BCUT2D eigenvalue weighted by atomic mass is 10.0. The van der Waals surface area contributed by atoms with Crippen LogP contribution in [-0.2, 0) is 4.79 Å². The van der Waals surface area contributed by atoms with Gasteiger partial charge in [-0.25, -0.2) is 4.39 Å². The van der Waals surface area contributed by atoms with Crippen LogP contribution in [-0.4, -0.2) is 32.9 Å². The van der Waals surface area contributed by atoms with Gasteiger partial charge in [0, 0.05) is 24.7 Å². The molecule has 0 radical (unpaired) electrons. The number of hydrogen-bond donors (Lipinski definition) is 2. The van der Waals surface area contributed by atoms with E-state index < -0.39 is 0 Å². The molecule has 7 heteroatoms. The SMILES string of the molecule is CNc1ccc(F)cc1Oc1cc(C)cc(OC)c1.O=CCNC(=O)c1cccc2ccccc12. The zero-order chi connectivity index (χ0) is 25.2. The van der Waals surface area contributed by atoms with Gasteiger partial charge in [-0.15, -0.1) is 0 Å². The highest BCUT2D eigenvalue weighted by Gasteiger charge is 2.09. The van der Waals surface area contributed by atoms with Gasteiger partial charge in [-0.1, -0.05) is 36.4 Å². The molecule has 0 bridgehead atoms. The lowest BCUT2D eigenvalue weighted by molar-refractivity contribution is -0.107. The van der Waals surface area contributed by atoms with Crippen molar-refractivity contribution in [2.24, 2.45) is 0 Å². The molecular weight excluding hydrogens is 447 g/mol. The number of aryl methyl sites for hydroxylation is 1. The van der Waals surface area contributed by atoms with Crippen molar-refractivity contribution in [2.75, 3.05) is 26.0 Å². The van der Waals surface area contributed by atoms with Gasteiger partial charge in [-0.2, -0.15) is 0 Å². The summed E-state index contributed by atoms with van der Waals surface area (Å²) in [5.41, 5.74) is 2.33. The van der Waals surface area contributed by atoms with E-state index in [1.165, 1.54) is 12.1 Å². The van der Waals surface area contributed by atoms with Crippen molar-refractivity contribution >= 4 is 28.7 Å². The smallest absolute Gasteiger partial charge is 0.252 e. The van der Waals surface area contributed by atoms with Gasteiger partial charge < -0.3 is 24.9 Å². The van der Waals surface area contributed by atoms with Crippen LogP contribution in [0.2, 0.25) is 0 Å². The summed E-state index contributed by atoms with van der Waals surface area (Å²) in [4.78, 5) is 21.9. The number of rotatable bonds is 7. The van der Waals surface area contributed by atoms with Crippen molar-refractivity contribution < 1.29 is 23.5 Å². The van der Waals surface area contributed by atoms with Gasteiger partial charge in [0.25, 0.3) is 5.91 Å². The first kappa shape index (κ1) is 25.2. The number of halogens is 1. The third-order valence-electron chi connectivity index (χ3n) is 5.08. The maximum atomic E-state index is 13.3. The standard InChI is InChI=1S/C15H16FNO2.C13H11NO2/c1-10-6-12(18-3)9-13(7-10)19-15-8-11(16)4-5-14(15)17-2;15-9-8-14-13(16)12-7-3-5-10-4-1-2-6-11(10)12/h4-9,17H,1-3H3;1-7,9H,8H2,(H,14,16). The number of methoxy groups -OCH3 is 1. The highest BCUT2D eigenvalue weighted by molar-refractivity contribution is 6.07. The van der Waals surface area contributed by atoms with Gasteiger partial charge in [0.1, 0.15) is 23.6 Å². The average Bonchev–Trinajstić information content (AvgIpc) is 2.87. The molecule has 4 aromatic carbocycles. The molecule has 0 unspecified atom stereocenters. The van der Waals surface area contributed by atoms with Crippen LogP contribution in [0.25, 0.3) is 10.8 Å². The van der Waals surface area contributed by atoms with Crippen molar-refractivity contribution in [1.82, 2.24) is 5.32 Å². The third kappa shape index (κ3) is 6.80. The second-order valence-electron chi connectivity index (χ2n) is 7.58. The minimum absolute atomic E-state index is 0.0437. The number of fused-ring (bicyclic) bond motifs is 1. The van der Waals surface area contributed by atoms with Crippen molar-refractivity contribution in [3.8, 4) is 17.2 Å². The van der Waals surface area contributed by atoms with Crippen LogP contribution in [0.5, 0.6) is 17.2 Å². The van der Waals surface area contributed by atoms with E-state index in [4.69, 9.17) is 9.47 Å². The van der Waals surface area contributed by atoms with Gasteiger partial charge in [-0.3, -0.25) is 4.79 Å². The zero-order valence-electron chi connectivity index (χ0n) is 19.8. The molecule has 0 saturated heterocycles. The fraction of sp³-hybridized carbons (Fsp3) is 0.143. The Kier molecular flexibility index (Phi) is 8.78. The number of anilines is 1. The summed E-state index contributed by atoms with van der Waals surface area (Å²) in [6.07, 6.45) is 0.670. The van der Waals surface area contributed by atoms with Crippen LogP contribution in [0, 0.1) is 12.7 Å². The van der Waals surface area contributed by atoms with E-state index in [-0.39, 0.29) is 18.3 Å². The Labute approximate surface area is 203 Å². The van der Waals surface area contributed by atoms with Gasteiger partial charge in [0.15, 0.2) is 5.75 Å². The Morgan fingerprint density at radius 2 is 1.71 bits per heavy atom. The summed E-state index contributed by atoms with van der Waals surface area (Å²) < 4.78 is 24.2. The summed E-state index contributed by atoms with van der Waals surface area (Å²) >= 11 is 0. The van der Waals surface area contributed by atoms with E-state index >= 15 is 0 Å². The van der Waals surface area contributed by atoms with Crippen molar-refractivity contribution in [3.05, 3.63) is 95.8 Å². The quantitative estimate of drug-likeness (QED) is 0.334. The first-order valence-electron chi connectivity index (χ1n) is 11.0. The van der Waals surface area contributed by atoms with Crippen LogP contribution in [0.3, 0.4) is 0 Å². The maximum Gasteiger partial charge on any atom is 0.252 e. The molecule has 0 aliphatic rings. The van der Waals surface area contributed by atoms with Crippen molar-refractivity contribution in [2.45, 2.75) is 6.92 Å². The minimum atomic E-state index is -0.339. The number of amides is 1. The number of benzene rings is 4. The van der Waals surface area contributed by atoms with Crippen LogP contribution >= 0.6 is 0 Å². The lowest BCUT2D eigenvalue weighted by Crippen LogP contribution is -2.25. The van der Waals surface area contributed by atoms with Crippen LogP contribution < -0.4 is 20.1 Å². The Bertz CT molecular complexity index is 1320. The van der Waals surface area contributed by atoms with E-state index in [1.807, 2.05) is 55.5 Å². The van der Waals surface area contributed by atoms with Gasteiger partial charge in [0.2, 0.25) is 0 Å². The highest BCUT2D eigenvalue weighted by atomic mass is 19.1. The molecule has 6 nitrogen and oxygen atoms in total. The van der Waals surface area contributed by atoms with Crippen molar-refractivity contribution in [3.63, 3.8) is 0 Å². The Morgan fingerprint density at radius 3 is 2.46 bits per heavy atom. The van der Waals surface area contributed by atoms with Crippen LogP contribution in [0.4, 0.5) is 10.1 Å². The molecule has 0 fully saturated rings. The van der Waals surface area contributed by atoms with Crippen molar-refractivity contribution in [1.29, 1.82) is 0 Å². The molecule has 35 heavy (non-hydrogen) atoms. The second kappa shape index (κ2) is 12.2. The summed E-state index contributed by atoms with van der Waals surface area (Å²) in [5.74, 6) is 1.20.